The van der Waals surface area contributed by atoms with Crippen molar-refractivity contribution in [1.29, 1.82) is 0 Å². The van der Waals surface area contributed by atoms with Gasteiger partial charge in [-0.3, -0.25) is 0 Å². The number of carbonyl (C=O) groups is 2. The van der Waals surface area contributed by atoms with Crippen LogP contribution in [0.25, 0.3) is 6.08 Å². The summed E-state index contributed by atoms with van der Waals surface area (Å²) in [7, 11) is 0. The van der Waals surface area contributed by atoms with Crippen LogP contribution in [-0.4, -0.2) is 46.6 Å². The van der Waals surface area contributed by atoms with E-state index in [4.69, 9.17) is 14.2 Å². The molecule has 1 aliphatic carbocycles. The third kappa shape index (κ3) is 4.04. The van der Waals surface area contributed by atoms with Crippen molar-refractivity contribution in [1.82, 2.24) is 0 Å². The highest BCUT2D eigenvalue weighted by atomic mass is 16.6. The Labute approximate surface area is 195 Å². The van der Waals surface area contributed by atoms with Crippen molar-refractivity contribution < 1.29 is 28.9 Å². The van der Waals surface area contributed by atoms with Crippen molar-refractivity contribution in [3.8, 4) is 0 Å². The zero-order valence-electron chi connectivity index (χ0n) is 20.0. The SMILES string of the molecule is CC1=C2[C@@H](CC1)[C@]1(C)O[C@@](C(C)C)(C[C@H]1OC(=O)C(C)O)[C@H]2OC(=O)C=Cc1ccccc1. The van der Waals surface area contributed by atoms with Crippen LogP contribution >= 0.6 is 0 Å². The van der Waals surface area contributed by atoms with Crippen molar-refractivity contribution >= 4 is 18.0 Å². The van der Waals surface area contributed by atoms with Gasteiger partial charge < -0.3 is 19.3 Å². The van der Waals surface area contributed by atoms with E-state index in [0.717, 1.165) is 24.0 Å². The van der Waals surface area contributed by atoms with E-state index in [0.29, 0.717) is 6.42 Å². The highest BCUT2D eigenvalue weighted by molar-refractivity contribution is 5.87. The molecule has 1 unspecified atom stereocenters. The topological polar surface area (TPSA) is 82.1 Å². The number of aliphatic hydroxyl groups excluding tert-OH is 1. The quantitative estimate of drug-likeness (QED) is 0.394. The second-order valence-corrected chi connectivity index (χ2v) is 10.1. The van der Waals surface area contributed by atoms with Gasteiger partial charge in [0.05, 0.1) is 0 Å². The van der Waals surface area contributed by atoms with E-state index < -0.39 is 41.5 Å². The predicted octanol–water partition coefficient (Wildman–Crippen LogP) is 4.22. The Morgan fingerprint density at radius 1 is 1.18 bits per heavy atom. The molecule has 1 N–H and O–H groups in total. The number of esters is 2. The van der Waals surface area contributed by atoms with Gasteiger partial charge >= 0.3 is 11.9 Å². The minimum Gasteiger partial charge on any atom is -0.457 e. The fourth-order valence-corrected chi connectivity index (χ4v) is 5.79. The molecule has 6 heteroatoms. The van der Waals surface area contributed by atoms with Crippen LogP contribution in [-0.2, 0) is 23.8 Å². The molecule has 1 aromatic carbocycles. The Bertz CT molecular complexity index is 978. The normalized spacial score (nSPS) is 34.0. The number of aliphatic hydroxyl groups is 1. The van der Waals surface area contributed by atoms with Gasteiger partial charge in [-0.05, 0) is 56.7 Å². The maximum absolute atomic E-state index is 12.9. The Hall–Kier alpha value is -2.44. The van der Waals surface area contributed by atoms with Gasteiger partial charge in [-0.2, -0.15) is 0 Å². The van der Waals surface area contributed by atoms with Crippen molar-refractivity contribution in [3.05, 3.63) is 53.1 Å². The second kappa shape index (κ2) is 8.73. The molecule has 6 atom stereocenters. The summed E-state index contributed by atoms with van der Waals surface area (Å²) in [5.41, 5.74) is 1.69. The number of carbonyl (C=O) groups excluding carboxylic acids is 2. The molecule has 0 radical (unpaired) electrons. The molecule has 2 heterocycles. The van der Waals surface area contributed by atoms with E-state index >= 15 is 0 Å². The fraction of sp³-hybridized carbons (Fsp3) is 0.556. The summed E-state index contributed by atoms with van der Waals surface area (Å²) < 4.78 is 18.7. The van der Waals surface area contributed by atoms with Crippen LogP contribution in [0.5, 0.6) is 0 Å². The van der Waals surface area contributed by atoms with Gasteiger partial charge in [0.2, 0.25) is 0 Å². The molecule has 2 bridgehead atoms. The van der Waals surface area contributed by atoms with E-state index in [1.54, 1.807) is 6.08 Å². The van der Waals surface area contributed by atoms with E-state index in [-0.39, 0.29) is 11.8 Å². The Morgan fingerprint density at radius 2 is 1.88 bits per heavy atom. The first-order valence-electron chi connectivity index (χ1n) is 11.8. The third-order valence-electron chi connectivity index (χ3n) is 7.67. The lowest BCUT2D eigenvalue weighted by atomic mass is 9.74. The first-order valence-corrected chi connectivity index (χ1v) is 11.8. The molecule has 0 amide bonds. The number of ether oxygens (including phenoxy) is 3. The zero-order valence-corrected chi connectivity index (χ0v) is 20.0. The average molecular weight is 455 g/mol. The third-order valence-corrected chi connectivity index (χ3v) is 7.67. The maximum Gasteiger partial charge on any atom is 0.335 e. The summed E-state index contributed by atoms with van der Waals surface area (Å²) >= 11 is 0. The lowest BCUT2D eigenvalue weighted by Gasteiger charge is -2.50. The van der Waals surface area contributed by atoms with Gasteiger partial charge in [-0.25, -0.2) is 9.59 Å². The van der Waals surface area contributed by atoms with Crippen molar-refractivity contribution in [2.24, 2.45) is 11.8 Å². The summed E-state index contributed by atoms with van der Waals surface area (Å²) in [6, 6.07) is 9.60. The number of fused-ring (bicyclic) bond motifs is 4. The molecular formula is C27H34O6. The highest BCUT2D eigenvalue weighted by Gasteiger charge is 2.70. The van der Waals surface area contributed by atoms with Crippen LogP contribution < -0.4 is 0 Å². The molecule has 178 valence electrons. The number of hydrogen-bond donors (Lipinski definition) is 1. The molecule has 2 saturated heterocycles. The van der Waals surface area contributed by atoms with Gasteiger partial charge in [0, 0.05) is 18.4 Å². The van der Waals surface area contributed by atoms with E-state index in [2.05, 4.69) is 6.92 Å². The highest BCUT2D eigenvalue weighted by Crippen LogP contribution is 2.61. The van der Waals surface area contributed by atoms with E-state index in [9.17, 15) is 14.7 Å². The summed E-state index contributed by atoms with van der Waals surface area (Å²) in [5.74, 6) is -1.10. The molecule has 0 spiro atoms. The largest absolute Gasteiger partial charge is 0.457 e. The molecule has 0 saturated carbocycles. The molecule has 4 rings (SSSR count). The zero-order chi connectivity index (χ0) is 24.0. The molecule has 33 heavy (non-hydrogen) atoms. The molecule has 0 aromatic heterocycles. The van der Waals surface area contributed by atoms with Crippen molar-refractivity contribution in [2.75, 3.05) is 0 Å². The van der Waals surface area contributed by atoms with Gasteiger partial charge in [-0.15, -0.1) is 0 Å². The molecular weight excluding hydrogens is 420 g/mol. The lowest BCUT2D eigenvalue weighted by molar-refractivity contribution is -0.223. The van der Waals surface area contributed by atoms with E-state index in [1.807, 2.05) is 51.1 Å². The van der Waals surface area contributed by atoms with Gasteiger partial charge in [0.1, 0.15) is 23.4 Å². The minimum atomic E-state index is -1.21. The van der Waals surface area contributed by atoms with Crippen molar-refractivity contribution in [3.63, 3.8) is 0 Å². The first kappa shape index (κ1) is 23.7. The number of allylic oxidation sites excluding steroid dienone is 1. The molecule has 2 fully saturated rings. The number of benzene rings is 1. The summed E-state index contributed by atoms with van der Waals surface area (Å²) in [6.45, 7) is 9.58. The van der Waals surface area contributed by atoms with Gasteiger partial charge in [0.15, 0.2) is 6.10 Å². The smallest absolute Gasteiger partial charge is 0.335 e. The van der Waals surface area contributed by atoms with Crippen molar-refractivity contribution in [2.45, 2.75) is 83.4 Å². The van der Waals surface area contributed by atoms with Crippen LogP contribution in [0, 0.1) is 11.8 Å². The van der Waals surface area contributed by atoms with Crippen LogP contribution in [0.4, 0.5) is 0 Å². The Kier molecular flexibility index (Phi) is 6.27. The molecule has 6 nitrogen and oxygen atoms in total. The predicted molar refractivity (Wildman–Crippen MR) is 124 cm³/mol. The minimum absolute atomic E-state index is 0.00447. The summed E-state index contributed by atoms with van der Waals surface area (Å²) in [6.07, 6.45) is 3.05. The van der Waals surface area contributed by atoms with Crippen LogP contribution in [0.3, 0.4) is 0 Å². The fourth-order valence-electron chi connectivity index (χ4n) is 5.79. The Balaban J connectivity index is 1.68. The molecule has 3 aliphatic rings. The average Bonchev–Trinajstić information content (AvgIpc) is 3.28. The first-order chi connectivity index (χ1) is 15.6. The van der Waals surface area contributed by atoms with Crippen LogP contribution in [0.2, 0.25) is 0 Å². The number of hydrogen-bond acceptors (Lipinski definition) is 6. The standard InChI is InChI=1S/C27H34O6/c1-16(2)27-15-21(31-25(30)18(4)28)26(5,33-27)20-13-11-17(3)23(20)24(27)32-22(29)14-12-19-9-7-6-8-10-19/h6-10,12,14,16,18,20-21,24,28H,11,13,15H2,1-5H3/t18?,20-,21-,24+,26+,27-/m1/s1. The Morgan fingerprint density at radius 3 is 2.52 bits per heavy atom. The van der Waals surface area contributed by atoms with Gasteiger partial charge in [0.25, 0.3) is 0 Å². The van der Waals surface area contributed by atoms with Crippen LogP contribution in [0.1, 0.15) is 59.4 Å². The van der Waals surface area contributed by atoms with Gasteiger partial charge in [-0.1, -0.05) is 49.8 Å². The maximum atomic E-state index is 12.9. The second-order valence-electron chi connectivity index (χ2n) is 10.1. The van der Waals surface area contributed by atoms with Crippen LogP contribution in [0.15, 0.2) is 47.6 Å². The summed E-state index contributed by atoms with van der Waals surface area (Å²) in [5, 5.41) is 9.73. The molecule has 2 aliphatic heterocycles. The molecule has 1 aromatic rings. The monoisotopic (exact) mass is 454 g/mol. The number of rotatable bonds is 6. The van der Waals surface area contributed by atoms with E-state index in [1.165, 1.54) is 18.6 Å². The summed E-state index contributed by atoms with van der Waals surface area (Å²) in [4.78, 5) is 25.2. The lowest BCUT2D eigenvalue weighted by Crippen LogP contribution is -2.58.